The van der Waals surface area contributed by atoms with Gasteiger partial charge in [-0.2, -0.15) is 5.26 Å². The molecule has 0 bridgehead atoms. The molecule has 2 atom stereocenters. The van der Waals surface area contributed by atoms with Crippen LogP contribution in [-0.2, 0) is 0 Å². The summed E-state index contributed by atoms with van der Waals surface area (Å²) in [7, 11) is 1.47. The van der Waals surface area contributed by atoms with Gasteiger partial charge in [-0.05, 0) is 36.8 Å². The second kappa shape index (κ2) is 7.72. The van der Waals surface area contributed by atoms with Crippen molar-refractivity contribution in [1.82, 2.24) is 10.2 Å². The van der Waals surface area contributed by atoms with Crippen LogP contribution in [0.15, 0.2) is 48.5 Å². The Bertz CT molecular complexity index is 1160. The van der Waals surface area contributed by atoms with Crippen LogP contribution in [0.3, 0.4) is 0 Å². The van der Waals surface area contributed by atoms with Crippen LogP contribution in [0.2, 0.25) is 0 Å². The number of methoxy groups -OCH3 is 1. The second-order valence-corrected chi connectivity index (χ2v) is 6.78. The van der Waals surface area contributed by atoms with Gasteiger partial charge in [0.2, 0.25) is 11.8 Å². The Labute approximate surface area is 172 Å². The van der Waals surface area contributed by atoms with E-state index in [1.165, 1.54) is 7.11 Å². The second-order valence-electron chi connectivity index (χ2n) is 6.78. The molecule has 2 heterocycles. The molecule has 150 valence electrons. The minimum atomic E-state index is -0.823. The summed E-state index contributed by atoms with van der Waals surface area (Å²) in [5.41, 5.74) is 2.61. The van der Waals surface area contributed by atoms with Gasteiger partial charge >= 0.3 is 5.97 Å². The van der Waals surface area contributed by atoms with E-state index in [9.17, 15) is 10.1 Å². The molecule has 8 nitrogen and oxygen atoms in total. The molecule has 2 unspecified atom stereocenters. The maximum atomic E-state index is 12.4. The summed E-state index contributed by atoms with van der Waals surface area (Å²) in [6, 6.07) is 15.9. The molecule has 0 aliphatic carbocycles. The van der Waals surface area contributed by atoms with Crippen LogP contribution in [0.4, 0.5) is 0 Å². The van der Waals surface area contributed by atoms with Crippen molar-refractivity contribution >= 4 is 11.9 Å². The maximum Gasteiger partial charge on any atom is 0.343 e. The van der Waals surface area contributed by atoms with Gasteiger partial charge in [-0.15, -0.1) is 5.10 Å². The minimum absolute atomic E-state index is 0.167. The van der Waals surface area contributed by atoms with Crippen molar-refractivity contribution in [2.75, 3.05) is 7.11 Å². The lowest BCUT2D eigenvalue weighted by Crippen LogP contribution is -2.31. The van der Waals surface area contributed by atoms with E-state index in [0.29, 0.717) is 16.9 Å². The van der Waals surface area contributed by atoms with Gasteiger partial charge in [-0.1, -0.05) is 24.3 Å². The third kappa shape index (κ3) is 3.26. The molecule has 0 spiro atoms. The molecule has 1 aliphatic rings. The first-order chi connectivity index (χ1) is 14.5. The van der Waals surface area contributed by atoms with E-state index >= 15 is 0 Å². The minimum Gasteiger partial charge on any atom is -0.493 e. The van der Waals surface area contributed by atoms with E-state index in [1.54, 1.807) is 42.5 Å². The first-order valence-electron chi connectivity index (χ1n) is 9.19. The largest absolute Gasteiger partial charge is 0.493 e. The maximum absolute atomic E-state index is 12.4. The van der Waals surface area contributed by atoms with Gasteiger partial charge in [0.05, 0.1) is 18.7 Å². The molecule has 4 rings (SSSR count). The van der Waals surface area contributed by atoms with E-state index in [4.69, 9.17) is 19.6 Å². The van der Waals surface area contributed by atoms with Crippen molar-refractivity contribution in [3.8, 4) is 23.4 Å². The van der Waals surface area contributed by atoms with Crippen molar-refractivity contribution in [2.45, 2.75) is 12.8 Å². The van der Waals surface area contributed by atoms with Gasteiger partial charge in [-0.3, -0.25) is 10.5 Å². The number of hydrogen-bond acceptors (Lipinski definition) is 7. The van der Waals surface area contributed by atoms with Gasteiger partial charge in [0.1, 0.15) is 5.92 Å². The average Bonchev–Trinajstić information content (AvgIpc) is 3.13. The number of hydrogen-bond donors (Lipinski definition) is 2. The zero-order chi connectivity index (χ0) is 21.3. The summed E-state index contributed by atoms with van der Waals surface area (Å²) in [4.78, 5) is 12.4. The number of nitrogens with zero attached hydrogens (tertiary/aromatic N) is 2. The number of aryl methyl sites for hydroxylation is 1. The van der Waals surface area contributed by atoms with E-state index in [1.807, 2.05) is 13.0 Å². The van der Waals surface area contributed by atoms with Crippen LogP contribution in [0.5, 0.6) is 17.4 Å². The van der Waals surface area contributed by atoms with Gasteiger partial charge in [-0.25, -0.2) is 4.79 Å². The van der Waals surface area contributed by atoms with Crippen LogP contribution in [0, 0.1) is 29.6 Å². The quantitative estimate of drug-likeness (QED) is 0.508. The van der Waals surface area contributed by atoms with Crippen molar-refractivity contribution < 1.29 is 19.0 Å². The third-order valence-electron chi connectivity index (χ3n) is 4.99. The summed E-state index contributed by atoms with van der Waals surface area (Å²) in [6.07, 6.45) is 0. The van der Waals surface area contributed by atoms with Gasteiger partial charge < -0.3 is 14.2 Å². The van der Waals surface area contributed by atoms with Crippen LogP contribution >= 0.6 is 0 Å². The monoisotopic (exact) mass is 402 g/mol. The molecular formula is C22H18N4O4. The Kier molecular flexibility index (Phi) is 4.94. The molecule has 1 aliphatic heterocycles. The lowest BCUT2D eigenvalue weighted by molar-refractivity contribution is 0.0729. The smallest absolute Gasteiger partial charge is 0.343 e. The summed E-state index contributed by atoms with van der Waals surface area (Å²) in [6.45, 7) is 1.83. The molecule has 2 aromatic carbocycles. The number of benzene rings is 2. The first-order valence-corrected chi connectivity index (χ1v) is 9.19. The summed E-state index contributed by atoms with van der Waals surface area (Å²) >= 11 is 0. The molecular weight excluding hydrogens is 384 g/mol. The zero-order valence-corrected chi connectivity index (χ0v) is 16.3. The van der Waals surface area contributed by atoms with Gasteiger partial charge in [0.15, 0.2) is 11.5 Å². The molecule has 2 N–H and O–H groups in total. The number of nitriles is 1. The Hall–Kier alpha value is -4.12. The molecule has 30 heavy (non-hydrogen) atoms. The number of carbonyl (C=O) groups is 1. The Morgan fingerprint density at radius 1 is 1.23 bits per heavy atom. The van der Waals surface area contributed by atoms with Crippen LogP contribution in [0.1, 0.15) is 33.1 Å². The highest BCUT2D eigenvalue weighted by Crippen LogP contribution is 2.44. The number of aromatic nitrogens is 2. The zero-order valence-electron chi connectivity index (χ0n) is 16.3. The number of fused-ring (bicyclic) bond motifs is 1. The average molecular weight is 402 g/mol. The number of ether oxygens (including phenoxy) is 3. The number of aromatic amines is 1. The number of rotatable bonds is 4. The lowest BCUT2D eigenvalue weighted by atomic mass is 9.79. The number of nitrogens with one attached hydrogen (secondary N) is 2. The Morgan fingerprint density at radius 3 is 2.70 bits per heavy atom. The molecule has 8 heteroatoms. The lowest BCUT2D eigenvalue weighted by Gasteiger charge is -2.28. The standard InChI is InChI=1S/C22H18N4O4/c1-12-18-19(15(11-23)20(24)30-21(18)26-25-12)14-8-9-16(17(10-14)28-2)29-22(27)13-6-4-3-5-7-13/h3-10,15,19,24H,1-2H3,(H,25,26). The number of H-pyrrole nitrogens is 1. The van der Waals surface area contributed by atoms with Crippen molar-refractivity contribution in [3.05, 3.63) is 70.9 Å². The molecule has 0 amide bonds. The highest BCUT2D eigenvalue weighted by atomic mass is 16.6. The normalized spacial score (nSPS) is 17.4. The summed E-state index contributed by atoms with van der Waals surface area (Å²) in [5.74, 6) is -1.08. The van der Waals surface area contributed by atoms with Crippen LogP contribution in [0.25, 0.3) is 0 Å². The molecule has 0 saturated carbocycles. The van der Waals surface area contributed by atoms with Crippen molar-refractivity contribution in [2.24, 2.45) is 5.92 Å². The van der Waals surface area contributed by atoms with E-state index in [2.05, 4.69) is 16.3 Å². The highest BCUT2D eigenvalue weighted by molar-refractivity contribution is 5.91. The van der Waals surface area contributed by atoms with Gasteiger partial charge in [0, 0.05) is 17.2 Å². The van der Waals surface area contributed by atoms with Crippen LogP contribution < -0.4 is 14.2 Å². The predicted octanol–water partition coefficient (Wildman–Crippen LogP) is 3.59. The van der Waals surface area contributed by atoms with Crippen molar-refractivity contribution in [1.29, 1.82) is 10.7 Å². The fraction of sp³-hybridized carbons (Fsp3) is 0.182. The molecule has 0 radical (unpaired) electrons. The fourth-order valence-corrected chi connectivity index (χ4v) is 3.53. The Morgan fingerprint density at radius 2 is 2.00 bits per heavy atom. The number of carbonyl (C=O) groups excluding carboxylic acids is 1. The SMILES string of the molecule is COc1cc(C2c3c(n[nH]c3C)OC(=N)C2C#N)ccc1OC(=O)c1ccccc1. The molecule has 0 fully saturated rings. The van der Waals surface area contributed by atoms with Crippen LogP contribution in [-0.4, -0.2) is 29.2 Å². The first kappa shape index (κ1) is 19.2. The fourth-order valence-electron chi connectivity index (χ4n) is 3.53. The van der Waals surface area contributed by atoms with Gasteiger partial charge in [0.25, 0.3) is 0 Å². The molecule has 0 saturated heterocycles. The summed E-state index contributed by atoms with van der Waals surface area (Å²) < 4.78 is 16.4. The topological polar surface area (TPSA) is 121 Å². The van der Waals surface area contributed by atoms with E-state index in [-0.39, 0.29) is 17.5 Å². The third-order valence-corrected chi connectivity index (χ3v) is 4.99. The van der Waals surface area contributed by atoms with Crippen molar-refractivity contribution in [3.63, 3.8) is 0 Å². The molecule has 1 aromatic heterocycles. The number of esters is 1. The molecule has 3 aromatic rings. The Balaban J connectivity index is 1.72. The van der Waals surface area contributed by atoms with E-state index in [0.717, 1.165) is 11.3 Å². The highest BCUT2D eigenvalue weighted by Gasteiger charge is 2.40. The predicted molar refractivity (Wildman–Crippen MR) is 107 cm³/mol. The summed E-state index contributed by atoms with van der Waals surface area (Å²) in [5, 5.41) is 24.7. The van der Waals surface area contributed by atoms with E-state index < -0.39 is 17.8 Å².